The molecule has 2 aliphatic rings. The summed E-state index contributed by atoms with van der Waals surface area (Å²) in [5.41, 5.74) is 2.42. The number of rotatable bonds is 5. The standard InChI is InChI=1S/C21H26N2O3S/c1-25-18-4-2-3-17(13-18)22-16-5-9-23(10-6-16)20(24)14-19-21-15(7-11-26-19)8-12-27-21/h2-4,8,12-13,16,19,22H,5-7,9-11,14H2,1H3. The number of fused-ring (bicyclic) bond motifs is 1. The first-order valence-electron chi connectivity index (χ1n) is 9.59. The number of thiophene rings is 1. The molecule has 0 bridgehead atoms. The van der Waals surface area contributed by atoms with Crippen molar-refractivity contribution in [1.82, 2.24) is 4.90 Å². The van der Waals surface area contributed by atoms with E-state index >= 15 is 0 Å². The van der Waals surface area contributed by atoms with Gasteiger partial charge in [-0.3, -0.25) is 4.79 Å². The number of ether oxygens (including phenoxy) is 2. The second kappa shape index (κ2) is 8.31. The molecule has 2 aliphatic heterocycles. The van der Waals surface area contributed by atoms with Crippen molar-refractivity contribution in [2.24, 2.45) is 0 Å². The number of hydrogen-bond donors (Lipinski definition) is 1. The normalized spacial score (nSPS) is 20.2. The molecule has 0 aliphatic carbocycles. The molecule has 1 unspecified atom stereocenters. The summed E-state index contributed by atoms with van der Waals surface area (Å²) in [6.45, 7) is 2.31. The number of nitrogens with one attached hydrogen (secondary N) is 1. The predicted octanol–water partition coefficient (Wildman–Crippen LogP) is 3.86. The van der Waals surface area contributed by atoms with Gasteiger partial charge in [-0.05, 0) is 48.4 Å². The van der Waals surface area contributed by atoms with E-state index in [0.717, 1.165) is 43.8 Å². The van der Waals surface area contributed by atoms with Gasteiger partial charge in [0.25, 0.3) is 0 Å². The average Bonchev–Trinajstić information content (AvgIpc) is 3.18. The van der Waals surface area contributed by atoms with Crippen LogP contribution in [0.5, 0.6) is 5.75 Å². The van der Waals surface area contributed by atoms with Crippen molar-refractivity contribution in [1.29, 1.82) is 0 Å². The van der Waals surface area contributed by atoms with Crippen LogP contribution in [0.2, 0.25) is 0 Å². The van der Waals surface area contributed by atoms with Crippen molar-refractivity contribution in [3.05, 3.63) is 46.2 Å². The molecule has 27 heavy (non-hydrogen) atoms. The molecule has 1 amide bonds. The number of amides is 1. The maximum atomic E-state index is 12.8. The van der Waals surface area contributed by atoms with Gasteiger partial charge >= 0.3 is 0 Å². The van der Waals surface area contributed by atoms with E-state index in [9.17, 15) is 4.79 Å². The van der Waals surface area contributed by atoms with Gasteiger partial charge < -0.3 is 19.7 Å². The van der Waals surface area contributed by atoms with E-state index in [4.69, 9.17) is 9.47 Å². The summed E-state index contributed by atoms with van der Waals surface area (Å²) in [5, 5.41) is 5.67. The van der Waals surface area contributed by atoms with E-state index in [1.54, 1.807) is 18.4 Å². The summed E-state index contributed by atoms with van der Waals surface area (Å²) < 4.78 is 11.2. The minimum absolute atomic E-state index is 0.0612. The van der Waals surface area contributed by atoms with E-state index in [1.165, 1.54) is 10.4 Å². The van der Waals surface area contributed by atoms with Crippen LogP contribution < -0.4 is 10.1 Å². The van der Waals surface area contributed by atoms with Crippen LogP contribution in [0, 0.1) is 0 Å². The van der Waals surface area contributed by atoms with Gasteiger partial charge in [0.05, 0.1) is 20.1 Å². The summed E-state index contributed by atoms with van der Waals surface area (Å²) in [7, 11) is 1.68. The SMILES string of the molecule is COc1cccc(NC2CCN(C(=O)CC3OCCc4ccsc43)CC2)c1. The number of carbonyl (C=O) groups is 1. The Labute approximate surface area is 164 Å². The molecule has 1 aromatic heterocycles. The minimum Gasteiger partial charge on any atom is -0.497 e. The highest BCUT2D eigenvalue weighted by molar-refractivity contribution is 7.10. The zero-order valence-corrected chi connectivity index (χ0v) is 16.5. The van der Waals surface area contributed by atoms with Crippen molar-refractivity contribution in [3.8, 4) is 5.75 Å². The Balaban J connectivity index is 1.28. The van der Waals surface area contributed by atoms with Gasteiger partial charge in [0.1, 0.15) is 11.9 Å². The summed E-state index contributed by atoms with van der Waals surface area (Å²) in [6, 6.07) is 10.5. The van der Waals surface area contributed by atoms with Crippen LogP contribution in [0.4, 0.5) is 5.69 Å². The molecule has 1 fully saturated rings. The number of nitrogens with zero attached hydrogens (tertiary/aromatic N) is 1. The van der Waals surface area contributed by atoms with E-state index in [2.05, 4.69) is 22.8 Å². The van der Waals surface area contributed by atoms with Gasteiger partial charge in [-0.2, -0.15) is 0 Å². The molecule has 1 saturated heterocycles. The first-order chi connectivity index (χ1) is 13.2. The van der Waals surface area contributed by atoms with Crippen LogP contribution >= 0.6 is 11.3 Å². The number of hydrogen-bond acceptors (Lipinski definition) is 5. The van der Waals surface area contributed by atoms with Crippen LogP contribution in [0.15, 0.2) is 35.7 Å². The Morgan fingerprint density at radius 2 is 2.19 bits per heavy atom. The van der Waals surface area contributed by atoms with Gasteiger partial charge in [0, 0.05) is 35.8 Å². The quantitative estimate of drug-likeness (QED) is 0.848. The van der Waals surface area contributed by atoms with Gasteiger partial charge in [-0.1, -0.05) is 6.07 Å². The molecule has 1 N–H and O–H groups in total. The van der Waals surface area contributed by atoms with E-state index in [1.807, 2.05) is 23.1 Å². The lowest BCUT2D eigenvalue weighted by Crippen LogP contribution is -2.43. The molecule has 5 nitrogen and oxygen atoms in total. The number of carbonyl (C=O) groups excluding carboxylic acids is 1. The third-order valence-electron chi connectivity index (χ3n) is 5.41. The molecule has 0 spiro atoms. The number of methoxy groups -OCH3 is 1. The zero-order chi connectivity index (χ0) is 18.6. The lowest BCUT2D eigenvalue weighted by molar-refractivity contribution is -0.135. The van der Waals surface area contributed by atoms with Crippen molar-refractivity contribution in [2.45, 2.75) is 37.8 Å². The molecule has 6 heteroatoms. The minimum atomic E-state index is -0.0612. The number of anilines is 1. The summed E-state index contributed by atoms with van der Waals surface area (Å²) in [4.78, 5) is 16.0. The molecule has 3 heterocycles. The van der Waals surface area contributed by atoms with Crippen molar-refractivity contribution in [3.63, 3.8) is 0 Å². The molecular formula is C21H26N2O3S. The van der Waals surface area contributed by atoms with Crippen LogP contribution in [0.3, 0.4) is 0 Å². The average molecular weight is 387 g/mol. The van der Waals surface area contributed by atoms with E-state index in [-0.39, 0.29) is 12.0 Å². The van der Waals surface area contributed by atoms with Crippen molar-refractivity contribution in [2.75, 3.05) is 32.1 Å². The third-order valence-corrected chi connectivity index (χ3v) is 6.46. The lowest BCUT2D eigenvalue weighted by atomic mass is 10.0. The van der Waals surface area contributed by atoms with Gasteiger partial charge in [-0.25, -0.2) is 0 Å². The summed E-state index contributed by atoms with van der Waals surface area (Å²) in [5.74, 6) is 1.06. The molecule has 1 atom stereocenters. The fourth-order valence-corrected chi connectivity index (χ4v) is 4.89. The first kappa shape index (κ1) is 18.3. The maximum Gasteiger partial charge on any atom is 0.225 e. The Hall–Kier alpha value is -2.05. The molecule has 4 rings (SSSR count). The Morgan fingerprint density at radius 3 is 3.00 bits per heavy atom. The third kappa shape index (κ3) is 4.28. The Morgan fingerprint density at radius 1 is 1.33 bits per heavy atom. The highest BCUT2D eigenvalue weighted by Crippen LogP contribution is 2.34. The maximum absolute atomic E-state index is 12.8. The molecule has 0 saturated carbocycles. The second-order valence-electron chi connectivity index (χ2n) is 7.16. The van der Waals surface area contributed by atoms with Crippen LogP contribution in [0.25, 0.3) is 0 Å². The zero-order valence-electron chi connectivity index (χ0n) is 15.6. The highest BCUT2D eigenvalue weighted by Gasteiger charge is 2.29. The summed E-state index contributed by atoms with van der Waals surface area (Å²) >= 11 is 1.71. The monoisotopic (exact) mass is 386 g/mol. The van der Waals surface area contributed by atoms with Crippen LogP contribution in [-0.2, 0) is 16.0 Å². The van der Waals surface area contributed by atoms with Gasteiger partial charge in [0.15, 0.2) is 0 Å². The fourth-order valence-electron chi connectivity index (χ4n) is 3.88. The number of likely N-dealkylation sites (tertiary alicyclic amines) is 1. The second-order valence-corrected chi connectivity index (χ2v) is 8.10. The molecule has 2 aromatic rings. The smallest absolute Gasteiger partial charge is 0.225 e. The molecule has 1 aromatic carbocycles. The fraction of sp³-hybridized carbons (Fsp3) is 0.476. The lowest BCUT2D eigenvalue weighted by Gasteiger charge is -2.34. The Bertz CT molecular complexity index is 783. The Kier molecular flexibility index (Phi) is 5.64. The molecular weight excluding hydrogens is 360 g/mol. The largest absolute Gasteiger partial charge is 0.497 e. The summed E-state index contributed by atoms with van der Waals surface area (Å²) in [6.07, 6.45) is 3.28. The topological polar surface area (TPSA) is 50.8 Å². The van der Waals surface area contributed by atoms with E-state index < -0.39 is 0 Å². The van der Waals surface area contributed by atoms with Crippen LogP contribution in [-0.4, -0.2) is 43.7 Å². The number of piperidine rings is 1. The van der Waals surface area contributed by atoms with Crippen molar-refractivity contribution >= 4 is 22.9 Å². The number of benzene rings is 1. The van der Waals surface area contributed by atoms with E-state index in [0.29, 0.717) is 19.1 Å². The first-order valence-corrected chi connectivity index (χ1v) is 10.5. The molecule has 0 radical (unpaired) electrons. The predicted molar refractivity (Wildman–Crippen MR) is 108 cm³/mol. The van der Waals surface area contributed by atoms with Gasteiger partial charge in [0.2, 0.25) is 5.91 Å². The van der Waals surface area contributed by atoms with Crippen LogP contribution in [0.1, 0.15) is 35.8 Å². The molecule has 144 valence electrons. The van der Waals surface area contributed by atoms with Gasteiger partial charge in [-0.15, -0.1) is 11.3 Å². The van der Waals surface area contributed by atoms with Crippen molar-refractivity contribution < 1.29 is 14.3 Å². The highest BCUT2D eigenvalue weighted by atomic mass is 32.1.